The van der Waals surface area contributed by atoms with Crippen molar-refractivity contribution in [2.45, 2.75) is 13.0 Å². The molecule has 5 heteroatoms. The van der Waals surface area contributed by atoms with E-state index in [1.165, 1.54) is 6.33 Å². The van der Waals surface area contributed by atoms with E-state index in [1.54, 1.807) is 48.5 Å². The molecule has 0 N–H and O–H groups in total. The van der Waals surface area contributed by atoms with Crippen LogP contribution in [-0.4, -0.2) is 27.8 Å². The number of hydrogen-bond donors (Lipinski definition) is 0. The van der Waals surface area contributed by atoms with Crippen LogP contribution in [-0.2, 0) is 0 Å². The molecule has 1 amide bonds. The van der Waals surface area contributed by atoms with Gasteiger partial charge >= 0.3 is 0 Å². The van der Waals surface area contributed by atoms with Gasteiger partial charge in [-0.3, -0.25) is 4.79 Å². The summed E-state index contributed by atoms with van der Waals surface area (Å²) in [5.74, 6) is -0.201. The van der Waals surface area contributed by atoms with Crippen LogP contribution >= 0.6 is 0 Å². The van der Waals surface area contributed by atoms with Crippen LogP contribution in [0.25, 0.3) is 0 Å². The van der Waals surface area contributed by atoms with Crippen molar-refractivity contribution < 1.29 is 4.79 Å². The highest BCUT2D eigenvalue weighted by atomic mass is 16.2. The van der Waals surface area contributed by atoms with Gasteiger partial charge in [0.1, 0.15) is 6.33 Å². The Balaban J connectivity index is 2.27. The summed E-state index contributed by atoms with van der Waals surface area (Å²) in [6.07, 6.45) is 3.09. The number of hydrogen-bond acceptors (Lipinski definition) is 4. The van der Waals surface area contributed by atoms with Gasteiger partial charge in [-0.25, -0.2) is 9.97 Å². The third-order valence-corrected chi connectivity index (χ3v) is 3.21. The van der Waals surface area contributed by atoms with Crippen LogP contribution in [0.15, 0.2) is 42.9 Å². The van der Waals surface area contributed by atoms with Crippen molar-refractivity contribution in [3.8, 4) is 6.07 Å². The molecule has 0 saturated heterocycles. The van der Waals surface area contributed by atoms with Gasteiger partial charge in [0, 0.05) is 13.2 Å². The number of carbonyl (C=O) groups is 1. The number of carbonyl (C=O) groups excluding carboxylic acids is 1. The maximum absolute atomic E-state index is 12.5. The Morgan fingerprint density at radius 1 is 1.35 bits per heavy atom. The van der Waals surface area contributed by atoms with Crippen molar-refractivity contribution in [3.63, 3.8) is 0 Å². The lowest BCUT2D eigenvalue weighted by atomic mass is 10.1. The summed E-state index contributed by atoms with van der Waals surface area (Å²) in [5, 5.41) is 9.06. The van der Waals surface area contributed by atoms with E-state index in [0.717, 1.165) is 5.69 Å². The van der Waals surface area contributed by atoms with E-state index in [4.69, 9.17) is 5.26 Å². The van der Waals surface area contributed by atoms with E-state index in [2.05, 4.69) is 9.97 Å². The molecule has 0 bridgehead atoms. The van der Waals surface area contributed by atoms with Crippen LogP contribution < -0.4 is 0 Å². The summed E-state index contributed by atoms with van der Waals surface area (Å²) < 4.78 is 0. The molecule has 1 heterocycles. The van der Waals surface area contributed by atoms with Gasteiger partial charge in [-0.15, -0.1) is 0 Å². The van der Waals surface area contributed by atoms with Gasteiger partial charge in [-0.05, 0) is 25.1 Å². The molecule has 0 radical (unpaired) electrons. The second kappa shape index (κ2) is 5.93. The number of nitriles is 1. The van der Waals surface area contributed by atoms with Crippen LogP contribution in [0, 0.1) is 11.3 Å². The maximum atomic E-state index is 12.5. The lowest BCUT2D eigenvalue weighted by molar-refractivity contribution is 0.0739. The molecule has 0 saturated carbocycles. The van der Waals surface area contributed by atoms with Crippen LogP contribution in [0.4, 0.5) is 0 Å². The molecule has 1 atom stereocenters. The number of aromatic nitrogens is 2. The molecule has 0 aliphatic heterocycles. The Hall–Kier alpha value is -2.74. The fourth-order valence-electron chi connectivity index (χ4n) is 1.88. The molecule has 0 unspecified atom stereocenters. The second-order valence-electron chi connectivity index (χ2n) is 4.38. The van der Waals surface area contributed by atoms with Gasteiger partial charge in [-0.1, -0.05) is 12.1 Å². The largest absolute Gasteiger partial charge is 0.333 e. The molecule has 5 nitrogen and oxygen atoms in total. The molecule has 1 aromatic carbocycles. The molecule has 2 aromatic rings. The Bertz CT molecular complexity index is 648. The highest BCUT2D eigenvalue weighted by molar-refractivity contribution is 5.96. The van der Waals surface area contributed by atoms with E-state index >= 15 is 0 Å². The first-order valence-electron chi connectivity index (χ1n) is 6.17. The zero-order chi connectivity index (χ0) is 14.5. The van der Waals surface area contributed by atoms with Gasteiger partial charge in [-0.2, -0.15) is 5.26 Å². The Morgan fingerprint density at radius 2 is 2.10 bits per heavy atom. The van der Waals surface area contributed by atoms with Crippen LogP contribution in [0.1, 0.15) is 34.6 Å². The van der Waals surface area contributed by atoms with Crippen LogP contribution in [0.3, 0.4) is 0 Å². The second-order valence-corrected chi connectivity index (χ2v) is 4.38. The monoisotopic (exact) mass is 266 g/mol. The van der Waals surface area contributed by atoms with Crippen LogP contribution in [0.2, 0.25) is 0 Å². The molecule has 0 spiro atoms. The predicted molar refractivity (Wildman–Crippen MR) is 73.7 cm³/mol. The zero-order valence-corrected chi connectivity index (χ0v) is 11.3. The summed E-state index contributed by atoms with van der Waals surface area (Å²) in [5.41, 5.74) is 1.53. The fourth-order valence-corrected chi connectivity index (χ4v) is 1.88. The fraction of sp³-hybridized carbons (Fsp3) is 0.200. The van der Waals surface area contributed by atoms with Gasteiger partial charge in [0.15, 0.2) is 0 Å². The summed E-state index contributed by atoms with van der Waals surface area (Å²) in [6, 6.07) is 10.4. The Labute approximate surface area is 117 Å². The highest BCUT2D eigenvalue weighted by Crippen LogP contribution is 2.19. The van der Waals surface area contributed by atoms with E-state index < -0.39 is 0 Å². The van der Waals surface area contributed by atoms with E-state index in [-0.39, 0.29) is 11.9 Å². The maximum Gasteiger partial charge on any atom is 0.255 e. The van der Waals surface area contributed by atoms with Gasteiger partial charge in [0.2, 0.25) is 0 Å². The van der Waals surface area contributed by atoms with Gasteiger partial charge in [0.25, 0.3) is 5.91 Å². The average Bonchev–Trinajstić information content (AvgIpc) is 2.53. The SMILES string of the molecule is C[C@H](c1ccncn1)N(C)C(=O)c1ccccc1C#N. The minimum atomic E-state index is -0.201. The number of amides is 1. The summed E-state index contributed by atoms with van der Waals surface area (Å²) >= 11 is 0. The number of nitrogens with zero attached hydrogens (tertiary/aromatic N) is 4. The predicted octanol–water partition coefficient (Wildman–Crippen LogP) is 2.18. The first kappa shape index (κ1) is 13.7. The molecule has 0 aliphatic rings. The number of benzene rings is 1. The molecule has 1 aromatic heterocycles. The van der Waals surface area contributed by atoms with Crippen LogP contribution in [0.5, 0.6) is 0 Å². The zero-order valence-electron chi connectivity index (χ0n) is 11.3. The third-order valence-electron chi connectivity index (χ3n) is 3.21. The normalized spacial score (nSPS) is 11.4. The summed E-state index contributed by atoms with van der Waals surface area (Å²) in [4.78, 5) is 22.0. The molecular weight excluding hydrogens is 252 g/mol. The van der Waals surface area contributed by atoms with Crippen molar-refractivity contribution in [3.05, 3.63) is 59.7 Å². The Morgan fingerprint density at radius 3 is 2.75 bits per heavy atom. The van der Waals surface area contributed by atoms with E-state index in [9.17, 15) is 4.79 Å². The molecular formula is C15H14N4O. The molecule has 0 fully saturated rings. The minimum Gasteiger partial charge on any atom is -0.333 e. The smallest absolute Gasteiger partial charge is 0.255 e. The highest BCUT2D eigenvalue weighted by Gasteiger charge is 2.21. The molecule has 100 valence electrons. The standard InChI is InChI=1S/C15H14N4O/c1-11(14-7-8-17-10-18-14)19(2)15(20)13-6-4-3-5-12(13)9-16/h3-8,10-11H,1-2H3/t11-/m1/s1. The quantitative estimate of drug-likeness (QED) is 0.853. The number of rotatable bonds is 3. The molecule has 2 rings (SSSR count). The van der Waals surface area contributed by atoms with Crippen molar-refractivity contribution >= 4 is 5.91 Å². The minimum absolute atomic E-state index is 0.197. The van der Waals surface area contributed by atoms with Gasteiger partial charge in [0.05, 0.1) is 28.9 Å². The molecule has 0 aliphatic carbocycles. The summed E-state index contributed by atoms with van der Waals surface area (Å²) in [6.45, 7) is 1.88. The first-order valence-corrected chi connectivity index (χ1v) is 6.17. The van der Waals surface area contributed by atoms with E-state index in [1.807, 2.05) is 13.0 Å². The molecule has 20 heavy (non-hydrogen) atoms. The van der Waals surface area contributed by atoms with Crippen molar-refractivity contribution in [2.24, 2.45) is 0 Å². The van der Waals surface area contributed by atoms with Crippen molar-refractivity contribution in [1.82, 2.24) is 14.9 Å². The van der Waals surface area contributed by atoms with Crippen molar-refractivity contribution in [1.29, 1.82) is 5.26 Å². The first-order chi connectivity index (χ1) is 9.65. The lowest BCUT2D eigenvalue weighted by Crippen LogP contribution is -2.30. The topological polar surface area (TPSA) is 69.9 Å². The van der Waals surface area contributed by atoms with Crippen molar-refractivity contribution in [2.75, 3.05) is 7.05 Å². The average molecular weight is 266 g/mol. The third kappa shape index (κ3) is 2.64. The van der Waals surface area contributed by atoms with Gasteiger partial charge < -0.3 is 4.90 Å². The summed E-state index contributed by atoms with van der Waals surface area (Å²) in [7, 11) is 1.70. The Kier molecular flexibility index (Phi) is 4.06. The van der Waals surface area contributed by atoms with E-state index in [0.29, 0.717) is 11.1 Å². The lowest BCUT2D eigenvalue weighted by Gasteiger charge is -2.24.